The number of nitrogens with one attached hydrogen (secondary N) is 2. The van der Waals surface area contributed by atoms with Crippen LogP contribution in [-0.4, -0.2) is 50.6 Å². The van der Waals surface area contributed by atoms with E-state index in [4.69, 9.17) is 4.42 Å². The summed E-state index contributed by atoms with van der Waals surface area (Å²) in [6.45, 7) is 6.02. The van der Waals surface area contributed by atoms with E-state index in [0.717, 1.165) is 31.2 Å². The quantitative estimate of drug-likeness (QED) is 0.440. The zero-order valence-electron chi connectivity index (χ0n) is 13.1. The second-order valence-electron chi connectivity index (χ2n) is 5.39. The van der Waals surface area contributed by atoms with Crippen LogP contribution in [0.4, 0.5) is 0 Å². The summed E-state index contributed by atoms with van der Waals surface area (Å²) in [6.07, 6.45) is 2.55. The van der Waals surface area contributed by atoms with Crippen LogP contribution in [0.1, 0.15) is 19.6 Å². The van der Waals surface area contributed by atoms with Crippen LogP contribution in [0.15, 0.2) is 27.8 Å². The lowest BCUT2D eigenvalue weighted by atomic mass is 10.0. The van der Waals surface area contributed by atoms with Crippen molar-refractivity contribution in [3.8, 4) is 0 Å². The predicted octanol–water partition coefficient (Wildman–Crippen LogP) is 1.95. The SMILES string of the molecule is CN=C(NCCc1ccco1)NCC(C)(C)N(C)C.I. The van der Waals surface area contributed by atoms with E-state index in [1.807, 2.05) is 12.1 Å². The molecule has 0 atom stereocenters. The van der Waals surface area contributed by atoms with Crippen LogP contribution in [0.5, 0.6) is 0 Å². The van der Waals surface area contributed by atoms with Crippen molar-refractivity contribution in [3.63, 3.8) is 0 Å². The van der Waals surface area contributed by atoms with Gasteiger partial charge in [-0.15, -0.1) is 24.0 Å². The molecule has 0 amide bonds. The number of hydrogen-bond donors (Lipinski definition) is 2. The van der Waals surface area contributed by atoms with Crippen molar-refractivity contribution in [2.75, 3.05) is 34.2 Å². The van der Waals surface area contributed by atoms with Crippen LogP contribution in [0.3, 0.4) is 0 Å². The Morgan fingerprint density at radius 1 is 1.35 bits per heavy atom. The number of guanidine groups is 1. The Morgan fingerprint density at radius 2 is 2.05 bits per heavy atom. The molecule has 2 N–H and O–H groups in total. The van der Waals surface area contributed by atoms with E-state index >= 15 is 0 Å². The van der Waals surface area contributed by atoms with E-state index in [-0.39, 0.29) is 29.5 Å². The van der Waals surface area contributed by atoms with Gasteiger partial charge in [-0.3, -0.25) is 4.99 Å². The Bertz CT molecular complexity index is 388. The van der Waals surface area contributed by atoms with E-state index in [0.29, 0.717) is 0 Å². The highest BCUT2D eigenvalue weighted by Crippen LogP contribution is 2.07. The first-order chi connectivity index (χ1) is 8.95. The normalized spacial score (nSPS) is 12.2. The third kappa shape index (κ3) is 6.60. The molecule has 1 heterocycles. The molecular weight excluding hydrogens is 367 g/mol. The average molecular weight is 394 g/mol. The van der Waals surface area contributed by atoms with Gasteiger partial charge >= 0.3 is 0 Å². The first kappa shape index (κ1) is 19.2. The Hall–Kier alpha value is -0.760. The number of nitrogens with zero attached hydrogens (tertiary/aromatic N) is 2. The van der Waals surface area contributed by atoms with Crippen LogP contribution in [0.2, 0.25) is 0 Å². The number of furan rings is 1. The highest BCUT2D eigenvalue weighted by molar-refractivity contribution is 14.0. The number of aliphatic imine (C=N–C) groups is 1. The second-order valence-corrected chi connectivity index (χ2v) is 5.39. The van der Waals surface area contributed by atoms with Crippen molar-refractivity contribution in [2.24, 2.45) is 4.99 Å². The third-order valence-electron chi connectivity index (χ3n) is 3.37. The fourth-order valence-electron chi connectivity index (χ4n) is 1.44. The molecule has 0 fully saturated rings. The molecule has 0 unspecified atom stereocenters. The van der Waals surface area contributed by atoms with Gasteiger partial charge in [0.15, 0.2) is 5.96 Å². The largest absolute Gasteiger partial charge is 0.469 e. The van der Waals surface area contributed by atoms with Crippen molar-refractivity contribution in [3.05, 3.63) is 24.2 Å². The maximum absolute atomic E-state index is 5.29. The topological polar surface area (TPSA) is 52.8 Å². The van der Waals surface area contributed by atoms with Crippen LogP contribution in [0.25, 0.3) is 0 Å². The van der Waals surface area contributed by atoms with Crippen molar-refractivity contribution >= 4 is 29.9 Å². The molecule has 0 aliphatic rings. The van der Waals surface area contributed by atoms with Gasteiger partial charge in [0.05, 0.1) is 6.26 Å². The van der Waals surface area contributed by atoms with Gasteiger partial charge in [-0.25, -0.2) is 0 Å². The fraction of sp³-hybridized carbons (Fsp3) is 0.643. The molecule has 0 spiro atoms. The van der Waals surface area contributed by atoms with Gasteiger partial charge in [-0.2, -0.15) is 0 Å². The molecule has 116 valence electrons. The summed E-state index contributed by atoms with van der Waals surface area (Å²) in [5.41, 5.74) is 0.0820. The van der Waals surface area contributed by atoms with Crippen LogP contribution in [0, 0.1) is 0 Å². The van der Waals surface area contributed by atoms with Gasteiger partial charge in [-0.05, 0) is 40.1 Å². The molecule has 1 aromatic heterocycles. The minimum absolute atomic E-state index is 0. The first-order valence-electron chi connectivity index (χ1n) is 6.60. The molecule has 0 bridgehead atoms. The summed E-state index contributed by atoms with van der Waals surface area (Å²) >= 11 is 0. The fourth-order valence-corrected chi connectivity index (χ4v) is 1.44. The summed E-state index contributed by atoms with van der Waals surface area (Å²) in [7, 11) is 5.94. The lowest BCUT2D eigenvalue weighted by molar-refractivity contribution is 0.197. The maximum Gasteiger partial charge on any atom is 0.191 e. The summed E-state index contributed by atoms with van der Waals surface area (Å²) in [4.78, 5) is 6.41. The monoisotopic (exact) mass is 394 g/mol. The van der Waals surface area contributed by atoms with E-state index < -0.39 is 0 Å². The molecule has 1 aromatic rings. The molecule has 6 heteroatoms. The average Bonchev–Trinajstić information content (AvgIpc) is 2.86. The highest BCUT2D eigenvalue weighted by Gasteiger charge is 2.20. The molecule has 0 saturated heterocycles. The highest BCUT2D eigenvalue weighted by atomic mass is 127. The van der Waals surface area contributed by atoms with E-state index in [1.165, 1.54) is 0 Å². The standard InChI is InChI=1S/C14H26N4O.HI/c1-14(2,18(4)5)11-17-13(15-3)16-9-8-12-7-6-10-19-12;/h6-7,10H,8-9,11H2,1-5H3,(H2,15,16,17);1H. The zero-order chi connectivity index (χ0) is 14.3. The molecule has 0 aliphatic heterocycles. The number of rotatable bonds is 6. The van der Waals surface area contributed by atoms with Crippen molar-refractivity contribution < 1.29 is 4.42 Å². The maximum atomic E-state index is 5.29. The Balaban J connectivity index is 0.00000361. The van der Waals surface area contributed by atoms with Crippen LogP contribution >= 0.6 is 24.0 Å². The summed E-state index contributed by atoms with van der Waals surface area (Å²) < 4.78 is 5.29. The predicted molar refractivity (Wildman–Crippen MR) is 95.0 cm³/mol. The molecular formula is C14H27IN4O. The van der Waals surface area contributed by atoms with Crippen LogP contribution in [-0.2, 0) is 6.42 Å². The number of hydrogen-bond acceptors (Lipinski definition) is 3. The summed E-state index contributed by atoms with van der Waals surface area (Å²) in [5, 5.41) is 6.62. The van der Waals surface area contributed by atoms with Crippen molar-refractivity contribution in [1.82, 2.24) is 15.5 Å². The van der Waals surface area contributed by atoms with Crippen molar-refractivity contribution in [2.45, 2.75) is 25.8 Å². The third-order valence-corrected chi connectivity index (χ3v) is 3.37. The molecule has 20 heavy (non-hydrogen) atoms. The Labute approximate surface area is 139 Å². The Kier molecular flexibility index (Phi) is 8.88. The smallest absolute Gasteiger partial charge is 0.191 e. The molecule has 0 aromatic carbocycles. The Morgan fingerprint density at radius 3 is 2.55 bits per heavy atom. The molecule has 0 aliphatic carbocycles. The minimum atomic E-state index is 0. The molecule has 0 radical (unpaired) electrons. The van der Waals surface area contributed by atoms with Crippen LogP contribution < -0.4 is 10.6 Å². The number of likely N-dealkylation sites (N-methyl/N-ethyl adjacent to an activating group) is 1. The first-order valence-corrected chi connectivity index (χ1v) is 6.60. The number of halogens is 1. The lowest BCUT2D eigenvalue weighted by Gasteiger charge is -2.33. The second kappa shape index (κ2) is 9.23. The minimum Gasteiger partial charge on any atom is -0.469 e. The van der Waals surface area contributed by atoms with E-state index in [1.54, 1.807) is 13.3 Å². The molecule has 5 nitrogen and oxygen atoms in total. The lowest BCUT2D eigenvalue weighted by Crippen LogP contribution is -2.51. The van der Waals surface area contributed by atoms with Gasteiger partial charge in [-0.1, -0.05) is 0 Å². The van der Waals surface area contributed by atoms with Gasteiger partial charge in [0, 0.05) is 32.1 Å². The summed E-state index contributed by atoms with van der Waals surface area (Å²) in [6, 6.07) is 3.88. The van der Waals surface area contributed by atoms with E-state index in [2.05, 4.69) is 48.5 Å². The van der Waals surface area contributed by atoms with Gasteiger partial charge in [0.1, 0.15) is 5.76 Å². The van der Waals surface area contributed by atoms with E-state index in [9.17, 15) is 0 Å². The van der Waals surface area contributed by atoms with Gasteiger partial charge in [0.25, 0.3) is 0 Å². The summed E-state index contributed by atoms with van der Waals surface area (Å²) in [5.74, 6) is 1.80. The molecule has 0 saturated carbocycles. The zero-order valence-corrected chi connectivity index (χ0v) is 15.4. The van der Waals surface area contributed by atoms with Gasteiger partial charge < -0.3 is 20.0 Å². The van der Waals surface area contributed by atoms with Gasteiger partial charge in [0.2, 0.25) is 0 Å². The van der Waals surface area contributed by atoms with Crippen molar-refractivity contribution in [1.29, 1.82) is 0 Å². The molecule has 1 rings (SSSR count).